The molecule has 0 aliphatic heterocycles. The molecule has 0 saturated heterocycles. The van der Waals surface area contributed by atoms with Crippen molar-refractivity contribution in [1.82, 2.24) is 5.32 Å². The smallest absolute Gasteiger partial charge is 0.261 e. The molecule has 2 aromatic rings. The van der Waals surface area contributed by atoms with Crippen LogP contribution in [0, 0.1) is 6.92 Å². The lowest BCUT2D eigenvalue weighted by Crippen LogP contribution is -2.22. The van der Waals surface area contributed by atoms with Crippen molar-refractivity contribution < 1.29 is 4.79 Å². The molecular formula is C13H14N2OS. The number of hydrogen-bond donors (Lipinski definition) is 2. The van der Waals surface area contributed by atoms with Gasteiger partial charge >= 0.3 is 0 Å². The molecule has 2 rings (SSSR count). The highest BCUT2D eigenvalue weighted by Crippen LogP contribution is 2.15. The van der Waals surface area contributed by atoms with E-state index >= 15 is 0 Å². The summed E-state index contributed by atoms with van der Waals surface area (Å²) < 4.78 is 0. The summed E-state index contributed by atoms with van der Waals surface area (Å²) in [4.78, 5) is 12.6. The molecule has 0 saturated carbocycles. The average molecular weight is 246 g/mol. The van der Waals surface area contributed by atoms with Crippen molar-refractivity contribution >= 4 is 22.9 Å². The van der Waals surface area contributed by atoms with Crippen LogP contribution in [0.5, 0.6) is 0 Å². The average Bonchev–Trinajstić information content (AvgIpc) is 2.74. The van der Waals surface area contributed by atoms with Crippen LogP contribution in [0.4, 0.5) is 5.69 Å². The van der Waals surface area contributed by atoms with Gasteiger partial charge < -0.3 is 11.1 Å². The lowest BCUT2D eigenvalue weighted by atomic mass is 10.2. The van der Waals surface area contributed by atoms with E-state index in [2.05, 4.69) is 5.32 Å². The van der Waals surface area contributed by atoms with Gasteiger partial charge in [-0.1, -0.05) is 12.1 Å². The first-order valence-corrected chi connectivity index (χ1v) is 6.21. The maximum absolute atomic E-state index is 11.8. The number of nitrogen functional groups attached to an aromatic ring is 1. The normalized spacial score (nSPS) is 10.2. The maximum atomic E-state index is 11.8. The molecule has 0 atom stereocenters. The molecule has 0 unspecified atom stereocenters. The fraction of sp³-hybridized carbons (Fsp3) is 0.154. The van der Waals surface area contributed by atoms with Crippen molar-refractivity contribution in [2.24, 2.45) is 0 Å². The van der Waals surface area contributed by atoms with Gasteiger partial charge in [-0.2, -0.15) is 0 Å². The Morgan fingerprint density at radius 3 is 2.59 bits per heavy atom. The van der Waals surface area contributed by atoms with Crippen LogP contribution in [0.3, 0.4) is 0 Å². The van der Waals surface area contributed by atoms with Crippen LogP contribution in [-0.4, -0.2) is 5.91 Å². The first-order chi connectivity index (χ1) is 8.16. The Morgan fingerprint density at radius 2 is 2.00 bits per heavy atom. The maximum Gasteiger partial charge on any atom is 0.261 e. The minimum absolute atomic E-state index is 0.0191. The summed E-state index contributed by atoms with van der Waals surface area (Å²) >= 11 is 1.46. The van der Waals surface area contributed by atoms with Crippen LogP contribution in [-0.2, 0) is 6.54 Å². The topological polar surface area (TPSA) is 55.1 Å². The van der Waals surface area contributed by atoms with Gasteiger partial charge in [-0.25, -0.2) is 0 Å². The van der Waals surface area contributed by atoms with Gasteiger partial charge in [0.15, 0.2) is 0 Å². The van der Waals surface area contributed by atoms with E-state index in [4.69, 9.17) is 5.73 Å². The number of amides is 1. The van der Waals surface area contributed by atoms with Gasteiger partial charge in [-0.05, 0) is 41.6 Å². The van der Waals surface area contributed by atoms with E-state index in [1.807, 2.05) is 42.6 Å². The number of anilines is 1. The minimum atomic E-state index is -0.0191. The molecule has 4 heteroatoms. The molecule has 0 bridgehead atoms. The second-order valence-electron chi connectivity index (χ2n) is 3.86. The number of benzene rings is 1. The summed E-state index contributed by atoms with van der Waals surface area (Å²) in [6, 6.07) is 9.44. The third-order valence-electron chi connectivity index (χ3n) is 2.50. The molecule has 0 aliphatic carbocycles. The van der Waals surface area contributed by atoms with Gasteiger partial charge in [-0.3, -0.25) is 4.79 Å². The van der Waals surface area contributed by atoms with E-state index in [1.165, 1.54) is 11.3 Å². The van der Waals surface area contributed by atoms with Gasteiger partial charge in [0.2, 0.25) is 0 Å². The molecule has 1 heterocycles. The highest BCUT2D eigenvalue weighted by atomic mass is 32.1. The number of carbonyl (C=O) groups excluding carboxylic acids is 1. The standard InChI is InChI=1S/C13H14N2OS/c1-9-6-7-17-12(9)13(16)15-8-10-2-4-11(14)5-3-10/h2-7H,8,14H2,1H3,(H,15,16). The molecule has 88 valence electrons. The van der Waals surface area contributed by atoms with Gasteiger partial charge in [0.05, 0.1) is 4.88 Å². The van der Waals surface area contributed by atoms with Crippen LogP contribution in [0.25, 0.3) is 0 Å². The van der Waals surface area contributed by atoms with Gasteiger partial charge in [0, 0.05) is 12.2 Å². The summed E-state index contributed by atoms with van der Waals surface area (Å²) in [5.41, 5.74) is 8.39. The van der Waals surface area contributed by atoms with Crippen molar-refractivity contribution in [1.29, 1.82) is 0 Å². The van der Waals surface area contributed by atoms with Gasteiger partial charge in [0.25, 0.3) is 5.91 Å². The van der Waals surface area contributed by atoms with Crippen molar-refractivity contribution in [2.45, 2.75) is 13.5 Å². The van der Waals surface area contributed by atoms with E-state index < -0.39 is 0 Å². The van der Waals surface area contributed by atoms with E-state index in [-0.39, 0.29) is 5.91 Å². The number of carbonyl (C=O) groups is 1. The molecular weight excluding hydrogens is 232 g/mol. The lowest BCUT2D eigenvalue weighted by Gasteiger charge is -2.05. The van der Waals surface area contributed by atoms with Crippen molar-refractivity contribution in [3.63, 3.8) is 0 Å². The van der Waals surface area contributed by atoms with Crippen molar-refractivity contribution in [3.8, 4) is 0 Å². The number of hydrogen-bond acceptors (Lipinski definition) is 3. The SMILES string of the molecule is Cc1ccsc1C(=O)NCc1ccc(N)cc1. The molecule has 0 fully saturated rings. The van der Waals surface area contributed by atoms with Crippen LogP contribution >= 0.6 is 11.3 Å². The summed E-state index contributed by atoms with van der Waals surface area (Å²) in [5, 5.41) is 4.82. The Kier molecular flexibility index (Phi) is 3.44. The molecule has 1 aromatic heterocycles. The van der Waals surface area contributed by atoms with E-state index in [9.17, 15) is 4.79 Å². The summed E-state index contributed by atoms with van der Waals surface area (Å²) in [7, 11) is 0. The largest absolute Gasteiger partial charge is 0.399 e. The third kappa shape index (κ3) is 2.85. The monoisotopic (exact) mass is 246 g/mol. The number of aryl methyl sites for hydroxylation is 1. The van der Waals surface area contributed by atoms with Crippen LogP contribution < -0.4 is 11.1 Å². The fourth-order valence-electron chi connectivity index (χ4n) is 1.50. The van der Waals surface area contributed by atoms with Crippen LogP contribution in [0.15, 0.2) is 35.7 Å². The number of nitrogens with one attached hydrogen (secondary N) is 1. The van der Waals surface area contributed by atoms with Crippen LogP contribution in [0.2, 0.25) is 0 Å². The Balaban J connectivity index is 1.97. The number of nitrogens with two attached hydrogens (primary N) is 1. The first-order valence-electron chi connectivity index (χ1n) is 5.33. The third-order valence-corrected chi connectivity index (χ3v) is 3.52. The molecule has 1 aromatic carbocycles. The zero-order valence-corrected chi connectivity index (χ0v) is 10.4. The highest BCUT2D eigenvalue weighted by Gasteiger charge is 2.09. The predicted octanol–water partition coefficient (Wildman–Crippen LogP) is 2.57. The van der Waals surface area contributed by atoms with Crippen molar-refractivity contribution in [3.05, 3.63) is 51.7 Å². The Morgan fingerprint density at radius 1 is 1.29 bits per heavy atom. The summed E-state index contributed by atoms with van der Waals surface area (Å²) in [5.74, 6) is -0.0191. The molecule has 3 N–H and O–H groups in total. The second-order valence-corrected chi connectivity index (χ2v) is 4.77. The molecule has 0 spiro atoms. The molecule has 3 nitrogen and oxygen atoms in total. The van der Waals surface area contributed by atoms with Gasteiger partial charge in [-0.15, -0.1) is 11.3 Å². The molecule has 0 radical (unpaired) electrons. The fourth-order valence-corrected chi connectivity index (χ4v) is 2.34. The molecule has 0 aliphatic rings. The number of thiophene rings is 1. The minimum Gasteiger partial charge on any atom is -0.399 e. The van der Waals surface area contributed by atoms with Crippen molar-refractivity contribution in [2.75, 3.05) is 5.73 Å². The highest BCUT2D eigenvalue weighted by molar-refractivity contribution is 7.12. The Bertz CT molecular complexity index is 516. The van der Waals surface area contributed by atoms with Gasteiger partial charge in [0.1, 0.15) is 0 Å². The predicted molar refractivity (Wildman–Crippen MR) is 71.1 cm³/mol. The van der Waals surface area contributed by atoms with E-state index in [0.29, 0.717) is 6.54 Å². The lowest BCUT2D eigenvalue weighted by molar-refractivity contribution is 0.0954. The summed E-state index contributed by atoms with van der Waals surface area (Å²) in [6.07, 6.45) is 0. The van der Waals surface area contributed by atoms with Crippen LogP contribution in [0.1, 0.15) is 20.8 Å². The first kappa shape index (κ1) is 11.7. The molecule has 1 amide bonds. The summed E-state index contributed by atoms with van der Waals surface area (Å²) in [6.45, 7) is 2.46. The quantitative estimate of drug-likeness (QED) is 0.818. The Hall–Kier alpha value is -1.81. The second kappa shape index (κ2) is 5.01. The van der Waals surface area contributed by atoms with E-state index in [1.54, 1.807) is 0 Å². The zero-order valence-electron chi connectivity index (χ0n) is 9.57. The number of rotatable bonds is 3. The zero-order chi connectivity index (χ0) is 12.3. The van der Waals surface area contributed by atoms with E-state index in [0.717, 1.165) is 21.7 Å². The molecule has 17 heavy (non-hydrogen) atoms. The Labute approximate surface area is 104 Å².